The lowest BCUT2D eigenvalue weighted by Gasteiger charge is -2.16. The topological polar surface area (TPSA) is 48.0 Å². The zero-order valence-corrected chi connectivity index (χ0v) is 10.2. The first-order valence-corrected chi connectivity index (χ1v) is 5.66. The predicted octanol–water partition coefficient (Wildman–Crippen LogP) is 1.68. The summed E-state index contributed by atoms with van der Waals surface area (Å²) in [5.74, 6) is 2.05. The van der Waals surface area contributed by atoms with Gasteiger partial charge in [-0.15, -0.1) is 0 Å². The van der Waals surface area contributed by atoms with E-state index in [2.05, 4.69) is 0 Å². The summed E-state index contributed by atoms with van der Waals surface area (Å²) in [5.41, 5.74) is 1.44. The van der Waals surface area contributed by atoms with Crippen molar-refractivity contribution in [3.05, 3.63) is 29.5 Å². The number of hydrogen-bond acceptors (Lipinski definition) is 4. The Kier molecular flexibility index (Phi) is 2.40. The van der Waals surface area contributed by atoms with Gasteiger partial charge < -0.3 is 19.1 Å². The lowest BCUT2D eigenvalue weighted by Crippen LogP contribution is -2.26. The van der Waals surface area contributed by atoms with Gasteiger partial charge in [-0.05, 0) is 19.1 Å². The van der Waals surface area contributed by atoms with Crippen molar-refractivity contribution in [2.24, 2.45) is 0 Å². The molecule has 0 aliphatic carbocycles. The second-order valence-electron chi connectivity index (χ2n) is 4.18. The number of amides is 1. The fraction of sp³-hybridized carbons (Fsp3) is 0.308. The van der Waals surface area contributed by atoms with Crippen molar-refractivity contribution in [1.29, 1.82) is 0 Å². The maximum atomic E-state index is 12.1. The van der Waals surface area contributed by atoms with E-state index in [-0.39, 0.29) is 12.7 Å². The zero-order chi connectivity index (χ0) is 12.7. The fourth-order valence-corrected chi connectivity index (χ4v) is 2.14. The Bertz CT molecular complexity index is 550. The van der Waals surface area contributed by atoms with E-state index in [1.54, 1.807) is 18.9 Å². The minimum Gasteiger partial charge on any atom is -0.499 e. The number of benzene rings is 1. The highest BCUT2D eigenvalue weighted by molar-refractivity contribution is 6.08. The zero-order valence-electron chi connectivity index (χ0n) is 10.2. The number of carbonyl (C=O) groups is 1. The second-order valence-corrected chi connectivity index (χ2v) is 4.18. The number of nitrogens with zero attached hydrogens (tertiary/aromatic N) is 1. The van der Waals surface area contributed by atoms with E-state index in [9.17, 15) is 4.79 Å². The predicted molar refractivity (Wildman–Crippen MR) is 64.6 cm³/mol. The molecular formula is C13H13NO4. The van der Waals surface area contributed by atoms with Crippen LogP contribution in [0.4, 0.5) is 5.69 Å². The first-order chi connectivity index (χ1) is 8.70. The molecule has 94 valence electrons. The van der Waals surface area contributed by atoms with Crippen LogP contribution in [0.3, 0.4) is 0 Å². The van der Waals surface area contributed by atoms with Gasteiger partial charge in [0, 0.05) is 11.8 Å². The van der Waals surface area contributed by atoms with Crippen molar-refractivity contribution in [2.45, 2.75) is 6.92 Å². The Balaban J connectivity index is 1.92. The normalized spacial score (nSPS) is 17.7. The van der Waals surface area contributed by atoms with Crippen LogP contribution in [0.2, 0.25) is 0 Å². The van der Waals surface area contributed by atoms with E-state index >= 15 is 0 Å². The smallest absolute Gasteiger partial charge is 0.257 e. The van der Waals surface area contributed by atoms with E-state index in [4.69, 9.17) is 14.2 Å². The molecule has 0 spiro atoms. The van der Waals surface area contributed by atoms with Crippen LogP contribution in [0, 0.1) is 0 Å². The monoisotopic (exact) mass is 247 g/mol. The Morgan fingerprint density at radius 1 is 1.28 bits per heavy atom. The molecular weight excluding hydrogens is 234 g/mol. The van der Waals surface area contributed by atoms with Crippen LogP contribution < -0.4 is 14.4 Å². The van der Waals surface area contributed by atoms with Crippen molar-refractivity contribution in [1.82, 2.24) is 0 Å². The van der Waals surface area contributed by atoms with Gasteiger partial charge in [-0.3, -0.25) is 4.79 Å². The van der Waals surface area contributed by atoms with Gasteiger partial charge in [0.05, 0.1) is 19.2 Å². The maximum absolute atomic E-state index is 12.1. The molecule has 1 amide bonds. The third kappa shape index (κ3) is 1.51. The Labute approximate surface area is 105 Å². The molecule has 0 bridgehead atoms. The molecule has 1 aromatic rings. The number of hydrogen-bond donors (Lipinski definition) is 0. The molecule has 0 saturated heterocycles. The summed E-state index contributed by atoms with van der Waals surface area (Å²) < 4.78 is 15.8. The number of anilines is 1. The van der Waals surface area contributed by atoms with Crippen molar-refractivity contribution in [2.75, 3.05) is 25.3 Å². The first-order valence-electron chi connectivity index (χ1n) is 5.66. The molecule has 18 heavy (non-hydrogen) atoms. The van der Waals surface area contributed by atoms with Crippen LogP contribution in [0.15, 0.2) is 29.5 Å². The van der Waals surface area contributed by atoms with Gasteiger partial charge in [-0.1, -0.05) is 0 Å². The maximum Gasteiger partial charge on any atom is 0.257 e. The van der Waals surface area contributed by atoms with Gasteiger partial charge in [0.2, 0.25) is 6.79 Å². The van der Waals surface area contributed by atoms with Crippen LogP contribution in [-0.4, -0.2) is 26.4 Å². The van der Waals surface area contributed by atoms with E-state index in [1.165, 1.54) is 0 Å². The van der Waals surface area contributed by atoms with Crippen LogP contribution in [-0.2, 0) is 9.53 Å². The lowest BCUT2D eigenvalue weighted by atomic mass is 10.2. The summed E-state index contributed by atoms with van der Waals surface area (Å²) in [7, 11) is 1.58. The van der Waals surface area contributed by atoms with Gasteiger partial charge in [-0.2, -0.15) is 0 Å². The molecule has 0 N–H and O–H groups in total. The van der Waals surface area contributed by atoms with Crippen molar-refractivity contribution in [3.63, 3.8) is 0 Å². The molecule has 1 aromatic carbocycles. The minimum absolute atomic E-state index is 0.0364. The summed E-state index contributed by atoms with van der Waals surface area (Å²) >= 11 is 0. The molecule has 2 heterocycles. The highest BCUT2D eigenvalue weighted by Crippen LogP contribution is 2.37. The number of rotatable bonds is 2. The third-order valence-electron chi connectivity index (χ3n) is 3.20. The van der Waals surface area contributed by atoms with E-state index < -0.39 is 0 Å². The van der Waals surface area contributed by atoms with Gasteiger partial charge in [0.1, 0.15) is 5.76 Å². The third-order valence-corrected chi connectivity index (χ3v) is 3.20. The van der Waals surface area contributed by atoms with E-state index in [0.29, 0.717) is 29.4 Å². The minimum atomic E-state index is -0.0364. The summed E-state index contributed by atoms with van der Waals surface area (Å²) in [6.07, 6.45) is 0. The number of methoxy groups -OCH3 is 1. The van der Waals surface area contributed by atoms with Crippen LogP contribution >= 0.6 is 0 Å². The Morgan fingerprint density at radius 2 is 2.06 bits per heavy atom. The van der Waals surface area contributed by atoms with Gasteiger partial charge in [0.25, 0.3) is 5.91 Å². The molecule has 5 nitrogen and oxygen atoms in total. The highest BCUT2D eigenvalue weighted by Gasteiger charge is 2.30. The number of ether oxygens (including phenoxy) is 3. The summed E-state index contributed by atoms with van der Waals surface area (Å²) in [5, 5.41) is 0. The van der Waals surface area contributed by atoms with Gasteiger partial charge in [-0.25, -0.2) is 0 Å². The van der Waals surface area contributed by atoms with E-state index in [0.717, 1.165) is 5.69 Å². The SMILES string of the molecule is COC1=C(C)C(=O)N(c2ccc3c(c2)OCO3)C1. The van der Waals surface area contributed by atoms with Gasteiger partial charge in [0.15, 0.2) is 11.5 Å². The highest BCUT2D eigenvalue weighted by atomic mass is 16.7. The molecule has 0 radical (unpaired) electrons. The fourth-order valence-electron chi connectivity index (χ4n) is 2.14. The lowest BCUT2D eigenvalue weighted by molar-refractivity contribution is -0.114. The quantitative estimate of drug-likeness (QED) is 0.797. The summed E-state index contributed by atoms with van der Waals surface area (Å²) in [6.45, 7) is 2.46. The molecule has 0 unspecified atom stereocenters. The van der Waals surface area contributed by atoms with Crippen LogP contribution in [0.5, 0.6) is 11.5 Å². The van der Waals surface area contributed by atoms with E-state index in [1.807, 2.05) is 18.2 Å². The molecule has 2 aliphatic rings. The average molecular weight is 247 g/mol. The molecule has 0 atom stereocenters. The van der Waals surface area contributed by atoms with Crippen LogP contribution in [0.25, 0.3) is 0 Å². The molecule has 0 fully saturated rings. The van der Waals surface area contributed by atoms with Crippen LogP contribution in [0.1, 0.15) is 6.92 Å². The van der Waals surface area contributed by atoms with Crippen molar-refractivity contribution in [3.8, 4) is 11.5 Å². The standard InChI is InChI=1S/C13H13NO4/c1-8-12(16-2)6-14(13(8)15)9-3-4-10-11(5-9)18-7-17-10/h3-5H,6-7H2,1-2H3. The molecule has 0 saturated carbocycles. The largest absolute Gasteiger partial charge is 0.499 e. The second kappa shape index (κ2) is 3.94. The molecule has 0 aromatic heterocycles. The summed E-state index contributed by atoms with van der Waals surface area (Å²) in [4.78, 5) is 13.8. The van der Waals surface area contributed by atoms with Crippen molar-refractivity contribution >= 4 is 11.6 Å². The number of carbonyl (C=O) groups excluding carboxylic acids is 1. The first kappa shape index (κ1) is 11.0. The number of fused-ring (bicyclic) bond motifs is 1. The molecule has 3 rings (SSSR count). The van der Waals surface area contributed by atoms with Gasteiger partial charge >= 0.3 is 0 Å². The Hall–Kier alpha value is -2.17. The molecule has 2 aliphatic heterocycles. The molecule has 5 heteroatoms. The van der Waals surface area contributed by atoms with Crippen molar-refractivity contribution < 1.29 is 19.0 Å². The Morgan fingerprint density at radius 3 is 2.78 bits per heavy atom. The average Bonchev–Trinajstić information content (AvgIpc) is 2.95. The summed E-state index contributed by atoms with van der Waals surface area (Å²) in [6, 6.07) is 5.47.